The van der Waals surface area contributed by atoms with Crippen LogP contribution < -0.4 is 9.80 Å². The quantitative estimate of drug-likeness (QED) is 0.296. The molecule has 3 aromatic rings. The van der Waals surface area contributed by atoms with Crippen molar-refractivity contribution in [1.29, 1.82) is 0 Å². The molecule has 39 heavy (non-hydrogen) atoms. The molecule has 8 nitrogen and oxygen atoms in total. The van der Waals surface area contributed by atoms with Crippen LogP contribution in [0.3, 0.4) is 0 Å². The topological polar surface area (TPSA) is 77.0 Å². The Bertz CT molecular complexity index is 1250. The fourth-order valence-corrected chi connectivity index (χ4v) is 6.57. The third-order valence-electron chi connectivity index (χ3n) is 6.97. The predicted octanol–water partition coefficient (Wildman–Crippen LogP) is 4.94. The van der Waals surface area contributed by atoms with Crippen LogP contribution in [0, 0.1) is 0 Å². The molecule has 2 fully saturated rings. The number of carbonyl (C=O) groups is 1. The van der Waals surface area contributed by atoms with Gasteiger partial charge in [0.25, 0.3) is 0 Å². The van der Waals surface area contributed by atoms with E-state index in [-0.39, 0.29) is 10.2 Å². The molecule has 0 radical (unpaired) electrons. The molecule has 1 aromatic heterocycles. The largest absolute Gasteiger partial charge is 0.444 e. The van der Waals surface area contributed by atoms with Crippen LogP contribution in [0.15, 0.2) is 66.7 Å². The van der Waals surface area contributed by atoms with Gasteiger partial charge in [0.05, 0.1) is 13.2 Å². The van der Waals surface area contributed by atoms with Crippen molar-refractivity contribution in [2.75, 3.05) is 36.1 Å². The average Bonchev–Trinajstić information content (AvgIpc) is 3.23. The summed E-state index contributed by atoms with van der Waals surface area (Å²) in [5.41, 5.74) is 0.882. The number of hydrogen-bond donors (Lipinski definition) is 0. The molecule has 5 rings (SSSR count). The van der Waals surface area contributed by atoms with Crippen LogP contribution in [-0.2, 0) is 19.5 Å². The van der Waals surface area contributed by atoms with Crippen molar-refractivity contribution in [3.63, 3.8) is 0 Å². The highest BCUT2D eigenvalue weighted by Gasteiger charge is 2.56. The molecule has 2 atom stereocenters. The summed E-state index contributed by atoms with van der Waals surface area (Å²) in [4.78, 5) is 26.6. The highest BCUT2D eigenvalue weighted by molar-refractivity contribution is 6.32. The predicted molar refractivity (Wildman–Crippen MR) is 155 cm³/mol. The minimum atomic E-state index is -1.12. The number of morpholine rings is 1. The highest BCUT2D eigenvalue weighted by Crippen LogP contribution is 2.46. The van der Waals surface area contributed by atoms with Gasteiger partial charge in [-0.15, -0.1) is 0 Å². The van der Waals surface area contributed by atoms with Crippen molar-refractivity contribution in [3.8, 4) is 0 Å². The van der Waals surface area contributed by atoms with Crippen molar-refractivity contribution in [2.45, 2.75) is 50.5 Å². The molecular weight excluding hydrogens is 532 g/mol. The van der Waals surface area contributed by atoms with E-state index in [1.165, 1.54) is 0 Å². The SMILES string of the molecule is C[C@@H]1OC(=O)N(c2cc(Cl)nc(N3CCOCC3)n2)[C@@H]1C(O[SiH2]C(C)(C)C)(c1ccccc1)c1ccccc1. The van der Waals surface area contributed by atoms with Gasteiger partial charge in [-0.2, -0.15) is 4.98 Å². The lowest BCUT2D eigenvalue weighted by Gasteiger charge is -2.45. The lowest BCUT2D eigenvalue weighted by atomic mass is 9.77. The highest BCUT2D eigenvalue weighted by atomic mass is 35.5. The van der Waals surface area contributed by atoms with E-state index in [1.54, 1.807) is 11.0 Å². The van der Waals surface area contributed by atoms with Crippen LogP contribution in [0.1, 0.15) is 38.8 Å². The maximum atomic E-state index is 13.6. The van der Waals surface area contributed by atoms with Crippen molar-refractivity contribution in [1.82, 2.24) is 9.97 Å². The van der Waals surface area contributed by atoms with Gasteiger partial charge >= 0.3 is 6.09 Å². The Kier molecular flexibility index (Phi) is 7.95. The maximum absolute atomic E-state index is 13.6. The van der Waals surface area contributed by atoms with Gasteiger partial charge < -0.3 is 18.8 Å². The minimum absolute atomic E-state index is 0.00588. The number of benzene rings is 2. The number of anilines is 2. The first kappa shape index (κ1) is 27.6. The summed E-state index contributed by atoms with van der Waals surface area (Å²) in [7, 11) is -1.12. The number of hydrogen-bond acceptors (Lipinski definition) is 7. The lowest BCUT2D eigenvalue weighted by molar-refractivity contribution is 0.0445. The van der Waals surface area contributed by atoms with Gasteiger partial charge in [-0.1, -0.05) is 93.0 Å². The van der Waals surface area contributed by atoms with Gasteiger partial charge in [-0.25, -0.2) is 9.78 Å². The average molecular weight is 567 g/mol. The van der Waals surface area contributed by atoms with Crippen molar-refractivity contribution in [2.24, 2.45) is 0 Å². The first-order chi connectivity index (χ1) is 18.7. The Morgan fingerprint density at radius 2 is 1.56 bits per heavy atom. The number of cyclic esters (lactones) is 1. The summed E-state index contributed by atoms with van der Waals surface area (Å²) in [6.45, 7) is 10.9. The monoisotopic (exact) mass is 566 g/mol. The molecule has 0 spiro atoms. The van der Waals surface area contributed by atoms with Crippen LogP contribution in [-0.4, -0.2) is 64.3 Å². The van der Waals surface area contributed by atoms with Gasteiger partial charge in [0.1, 0.15) is 28.7 Å². The molecule has 1 amide bonds. The number of carbonyl (C=O) groups excluding carboxylic acids is 1. The minimum Gasteiger partial charge on any atom is -0.444 e. The Hall–Kier alpha value is -2.98. The van der Waals surface area contributed by atoms with Crippen LogP contribution in [0.5, 0.6) is 0 Å². The maximum Gasteiger partial charge on any atom is 0.416 e. The molecule has 2 aliphatic heterocycles. The smallest absolute Gasteiger partial charge is 0.416 e. The van der Waals surface area contributed by atoms with E-state index in [0.717, 1.165) is 11.1 Å². The molecule has 10 heteroatoms. The summed E-state index contributed by atoms with van der Waals surface area (Å²) in [5.74, 6) is 0.843. The fourth-order valence-electron chi connectivity index (χ4n) is 5.24. The number of aromatic nitrogens is 2. The van der Waals surface area contributed by atoms with Crippen molar-refractivity contribution >= 4 is 39.2 Å². The number of nitrogens with zero attached hydrogens (tertiary/aromatic N) is 4. The van der Waals surface area contributed by atoms with E-state index in [4.69, 9.17) is 30.5 Å². The summed E-state index contributed by atoms with van der Waals surface area (Å²) in [6, 6.07) is 21.3. The number of ether oxygens (including phenoxy) is 2. The molecule has 3 heterocycles. The van der Waals surface area contributed by atoms with E-state index in [0.29, 0.717) is 38.1 Å². The first-order valence-corrected chi connectivity index (χ1v) is 15.0. The Morgan fingerprint density at radius 3 is 2.13 bits per heavy atom. The molecule has 0 aliphatic carbocycles. The molecule has 206 valence electrons. The normalized spacial score (nSPS) is 20.6. The lowest BCUT2D eigenvalue weighted by Crippen LogP contribution is -2.56. The zero-order valence-electron chi connectivity index (χ0n) is 22.8. The van der Waals surface area contributed by atoms with Crippen LogP contribution >= 0.6 is 11.6 Å². The molecular formula is C29H35ClN4O4Si. The third kappa shape index (κ3) is 5.67. The first-order valence-electron chi connectivity index (χ1n) is 13.3. The van der Waals surface area contributed by atoms with Crippen molar-refractivity contribution < 1.29 is 18.7 Å². The van der Waals surface area contributed by atoms with E-state index >= 15 is 0 Å². The van der Waals surface area contributed by atoms with E-state index in [9.17, 15) is 4.79 Å². The van der Waals surface area contributed by atoms with Gasteiger partial charge in [0.2, 0.25) is 5.95 Å². The summed E-state index contributed by atoms with van der Waals surface area (Å²) in [5, 5.41) is 0.247. The van der Waals surface area contributed by atoms with E-state index < -0.39 is 33.6 Å². The second kappa shape index (κ2) is 11.2. The van der Waals surface area contributed by atoms with Gasteiger partial charge in [0.15, 0.2) is 9.76 Å². The standard InChI is InChI=1S/C29H35ClN4O4Si/c1-20-25(34(27(35)37-20)24-19-23(30)31-26(32-24)33-15-17-36-18-16-33)29(38-39-28(2,3)4,21-11-7-5-8-12-21)22-13-9-6-10-14-22/h5-14,19-20,25H,15-18,39H2,1-4H3/t20-,25-/m0/s1. The van der Waals surface area contributed by atoms with E-state index in [2.05, 4.69) is 50.0 Å². The molecule has 0 unspecified atom stereocenters. The Balaban J connectivity index is 1.70. The molecule has 2 saturated heterocycles. The molecule has 2 aromatic carbocycles. The molecule has 2 aliphatic rings. The number of amides is 1. The Morgan fingerprint density at radius 1 is 0.974 bits per heavy atom. The van der Waals surface area contributed by atoms with Gasteiger partial charge in [0, 0.05) is 19.2 Å². The van der Waals surface area contributed by atoms with Crippen molar-refractivity contribution in [3.05, 3.63) is 83.0 Å². The Labute approximate surface area is 237 Å². The third-order valence-corrected chi connectivity index (χ3v) is 8.63. The molecule has 0 bridgehead atoms. The van der Waals surface area contributed by atoms with Gasteiger partial charge in [-0.3, -0.25) is 4.90 Å². The summed E-state index contributed by atoms with van der Waals surface area (Å²) < 4.78 is 18.6. The zero-order chi connectivity index (χ0) is 27.6. The van der Waals surface area contributed by atoms with Crippen LogP contribution in [0.4, 0.5) is 16.6 Å². The number of rotatable bonds is 7. The summed E-state index contributed by atoms with van der Waals surface area (Å²) in [6.07, 6.45) is -1.00. The summed E-state index contributed by atoms with van der Waals surface area (Å²) >= 11 is 6.54. The fraction of sp³-hybridized carbons (Fsp3) is 0.414. The van der Waals surface area contributed by atoms with Crippen LogP contribution in [0.2, 0.25) is 10.2 Å². The van der Waals surface area contributed by atoms with Gasteiger partial charge in [-0.05, 0) is 23.1 Å². The molecule has 0 N–H and O–H groups in total. The number of halogens is 1. The zero-order valence-corrected chi connectivity index (χ0v) is 25.0. The second-order valence-corrected chi connectivity index (χ2v) is 14.3. The molecule has 0 saturated carbocycles. The van der Waals surface area contributed by atoms with E-state index in [1.807, 2.05) is 48.2 Å². The second-order valence-electron chi connectivity index (χ2n) is 11.2. The van der Waals surface area contributed by atoms with Crippen LogP contribution in [0.25, 0.3) is 0 Å².